The number of amides is 1. The van der Waals surface area contributed by atoms with Crippen LogP contribution in [0.4, 0.5) is 10.6 Å². The molecule has 0 radical (unpaired) electrons. The molecule has 0 spiro atoms. The third kappa shape index (κ3) is 3.55. The van der Waals surface area contributed by atoms with Gasteiger partial charge in [0.1, 0.15) is 6.10 Å². The Morgan fingerprint density at radius 3 is 2.72 bits per heavy atom. The monoisotopic (exact) mass is 357 g/mol. The molecule has 6 heteroatoms. The Kier molecular flexibility index (Phi) is 4.72. The molecule has 1 aromatic carbocycles. The maximum absolute atomic E-state index is 12.5. The Hall–Kier alpha value is -1.92. The largest absolute Gasteiger partial charge is 0.444 e. The van der Waals surface area contributed by atoms with E-state index in [0.717, 1.165) is 54.3 Å². The number of nitrogens with zero attached hydrogens (tertiary/aromatic N) is 2. The van der Waals surface area contributed by atoms with Gasteiger partial charge in [0, 0.05) is 6.54 Å². The number of rotatable bonds is 4. The lowest BCUT2D eigenvalue weighted by Gasteiger charge is -2.43. The second kappa shape index (κ2) is 7.14. The van der Waals surface area contributed by atoms with Crippen LogP contribution in [0.5, 0.6) is 0 Å². The van der Waals surface area contributed by atoms with Crippen molar-refractivity contribution < 1.29 is 9.53 Å². The van der Waals surface area contributed by atoms with Crippen molar-refractivity contribution in [2.45, 2.75) is 32.3 Å². The Labute approximate surface area is 152 Å². The smallest absolute Gasteiger partial charge is 0.413 e. The number of benzene rings is 1. The molecule has 5 rings (SSSR count). The molecule has 1 N–H and O–H groups in total. The summed E-state index contributed by atoms with van der Waals surface area (Å²) in [6.07, 6.45) is 2.73. The topological polar surface area (TPSA) is 54.5 Å². The van der Waals surface area contributed by atoms with Crippen LogP contribution in [0.15, 0.2) is 30.3 Å². The lowest BCUT2D eigenvalue weighted by Crippen LogP contribution is -2.52. The maximum Gasteiger partial charge on any atom is 0.413 e. The fourth-order valence-corrected chi connectivity index (χ4v) is 4.66. The van der Waals surface area contributed by atoms with E-state index in [1.165, 1.54) is 0 Å². The molecule has 1 amide bonds. The number of carbonyl (C=O) groups is 1. The normalized spacial score (nSPS) is 24.9. The van der Waals surface area contributed by atoms with Crippen molar-refractivity contribution >= 4 is 23.2 Å². The minimum Gasteiger partial charge on any atom is -0.444 e. The van der Waals surface area contributed by atoms with Crippen molar-refractivity contribution in [3.63, 3.8) is 0 Å². The molecule has 3 aliphatic rings. The number of piperidine rings is 3. The summed E-state index contributed by atoms with van der Waals surface area (Å²) in [5.74, 6) is 1.12. The van der Waals surface area contributed by atoms with Crippen LogP contribution >= 0.6 is 11.3 Å². The Bertz CT molecular complexity index is 738. The molecule has 0 aliphatic carbocycles. The maximum atomic E-state index is 12.5. The van der Waals surface area contributed by atoms with Crippen LogP contribution < -0.4 is 5.32 Å². The summed E-state index contributed by atoms with van der Waals surface area (Å²) in [5.41, 5.74) is 1.07. The van der Waals surface area contributed by atoms with E-state index in [1.807, 2.05) is 30.3 Å². The average molecular weight is 357 g/mol. The van der Waals surface area contributed by atoms with Gasteiger partial charge in [0.2, 0.25) is 0 Å². The predicted molar refractivity (Wildman–Crippen MR) is 100.0 cm³/mol. The van der Waals surface area contributed by atoms with Gasteiger partial charge in [0.15, 0.2) is 5.82 Å². The van der Waals surface area contributed by atoms with Crippen molar-refractivity contribution in [3.05, 3.63) is 35.3 Å². The van der Waals surface area contributed by atoms with Crippen LogP contribution in [-0.4, -0.2) is 41.7 Å². The van der Waals surface area contributed by atoms with E-state index >= 15 is 0 Å². The number of fused-ring (bicyclic) bond motifs is 3. The van der Waals surface area contributed by atoms with Crippen molar-refractivity contribution in [2.24, 2.45) is 5.92 Å². The number of ether oxygens (including phenoxy) is 1. The van der Waals surface area contributed by atoms with E-state index in [4.69, 9.17) is 4.74 Å². The summed E-state index contributed by atoms with van der Waals surface area (Å²) in [5, 5.41) is 3.90. The van der Waals surface area contributed by atoms with E-state index in [9.17, 15) is 4.79 Å². The highest BCUT2D eigenvalue weighted by Gasteiger charge is 2.36. The average Bonchev–Trinajstić information content (AvgIpc) is 3.06. The molecule has 2 bridgehead atoms. The van der Waals surface area contributed by atoms with Crippen molar-refractivity contribution in [3.8, 4) is 10.4 Å². The first kappa shape index (κ1) is 16.5. The van der Waals surface area contributed by atoms with Gasteiger partial charge in [-0.1, -0.05) is 37.3 Å². The SMILES string of the molecule is CCc1nc(NC(=O)OC2CN3CCC2CC3)c(-c2ccccc2)s1. The lowest BCUT2D eigenvalue weighted by atomic mass is 9.86. The number of aromatic nitrogens is 1. The van der Waals surface area contributed by atoms with Gasteiger partial charge in [-0.15, -0.1) is 11.3 Å². The number of hydrogen-bond acceptors (Lipinski definition) is 5. The number of aryl methyl sites for hydroxylation is 1. The quantitative estimate of drug-likeness (QED) is 0.898. The summed E-state index contributed by atoms with van der Waals surface area (Å²) >= 11 is 1.62. The first-order valence-corrected chi connectivity index (χ1v) is 9.79. The first-order chi connectivity index (χ1) is 12.2. The molecular weight excluding hydrogens is 334 g/mol. The third-order valence-corrected chi connectivity index (χ3v) is 6.33. The third-order valence-electron chi connectivity index (χ3n) is 5.08. The zero-order chi connectivity index (χ0) is 17.2. The van der Waals surface area contributed by atoms with E-state index in [2.05, 4.69) is 22.1 Å². The molecule has 2 aromatic rings. The first-order valence-electron chi connectivity index (χ1n) is 8.98. The lowest BCUT2D eigenvalue weighted by molar-refractivity contribution is -0.0290. The summed E-state index contributed by atoms with van der Waals surface area (Å²) in [7, 11) is 0. The molecule has 4 heterocycles. The molecule has 5 nitrogen and oxygen atoms in total. The van der Waals surface area contributed by atoms with Gasteiger partial charge < -0.3 is 4.74 Å². The molecule has 25 heavy (non-hydrogen) atoms. The highest BCUT2D eigenvalue weighted by molar-refractivity contribution is 7.15. The highest BCUT2D eigenvalue weighted by atomic mass is 32.1. The molecule has 1 aromatic heterocycles. The standard InChI is InChI=1S/C19H23N3O2S/c1-2-16-20-18(17(25-16)14-6-4-3-5-7-14)21-19(23)24-15-12-22-10-8-13(15)9-11-22/h3-7,13,15H,2,8-12H2,1H3,(H,21,23). The van der Waals surface area contributed by atoms with Crippen LogP contribution in [0, 0.1) is 5.92 Å². The zero-order valence-corrected chi connectivity index (χ0v) is 15.2. The fourth-order valence-electron chi connectivity index (χ4n) is 3.69. The van der Waals surface area contributed by atoms with Gasteiger partial charge in [0.25, 0.3) is 0 Å². The van der Waals surface area contributed by atoms with Crippen LogP contribution in [0.2, 0.25) is 0 Å². The molecule has 1 unspecified atom stereocenters. The zero-order valence-electron chi connectivity index (χ0n) is 14.4. The minimum atomic E-state index is -0.385. The molecule has 0 saturated carbocycles. The fraction of sp³-hybridized carbons (Fsp3) is 0.474. The number of carbonyl (C=O) groups excluding carboxylic acids is 1. The van der Waals surface area contributed by atoms with Crippen molar-refractivity contribution in [1.29, 1.82) is 0 Å². The van der Waals surface area contributed by atoms with Gasteiger partial charge in [0.05, 0.1) is 9.88 Å². The Balaban J connectivity index is 1.48. The van der Waals surface area contributed by atoms with Crippen molar-refractivity contribution in [1.82, 2.24) is 9.88 Å². The van der Waals surface area contributed by atoms with Crippen LogP contribution in [0.1, 0.15) is 24.8 Å². The predicted octanol–water partition coefficient (Wildman–Crippen LogP) is 4.02. The van der Waals surface area contributed by atoms with Crippen LogP contribution in [0.25, 0.3) is 10.4 Å². The molecule has 3 aliphatic heterocycles. The molecular formula is C19H23N3O2S. The molecule has 3 fully saturated rings. The number of thiazole rings is 1. The van der Waals surface area contributed by atoms with Crippen LogP contribution in [0.3, 0.4) is 0 Å². The summed E-state index contributed by atoms with van der Waals surface area (Å²) in [4.78, 5) is 20.4. The molecule has 1 atom stereocenters. The van der Waals surface area contributed by atoms with E-state index in [1.54, 1.807) is 11.3 Å². The Morgan fingerprint density at radius 1 is 1.32 bits per heavy atom. The number of anilines is 1. The number of hydrogen-bond donors (Lipinski definition) is 1. The van der Waals surface area contributed by atoms with Crippen LogP contribution in [-0.2, 0) is 11.2 Å². The minimum absolute atomic E-state index is 0.00644. The van der Waals surface area contributed by atoms with Gasteiger partial charge in [-0.25, -0.2) is 9.78 Å². The van der Waals surface area contributed by atoms with Crippen molar-refractivity contribution in [2.75, 3.05) is 25.0 Å². The summed E-state index contributed by atoms with van der Waals surface area (Å²) < 4.78 is 5.74. The van der Waals surface area contributed by atoms with E-state index in [-0.39, 0.29) is 12.2 Å². The van der Waals surface area contributed by atoms with E-state index in [0.29, 0.717) is 11.7 Å². The highest BCUT2D eigenvalue weighted by Crippen LogP contribution is 2.35. The Morgan fingerprint density at radius 2 is 2.08 bits per heavy atom. The van der Waals surface area contributed by atoms with E-state index < -0.39 is 0 Å². The van der Waals surface area contributed by atoms with Gasteiger partial charge in [-0.3, -0.25) is 10.2 Å². The number of nitrogens with one attached hydrogen (secondary N) is 1. The second-order valence-corrected chi connectivity index (χ2v) is 7.80. The molecule has 132 valence electrons. The molecule has 3 saturated heterocycles. The van der Waals surface area contributed by atoms with Gasteiger partial charge >= 0.3 is 6.09 Å². The summed E-state index contributed by atoms with van der Waals surface area (Å²) in [6, 6.07) is 10.1. The van der Waals surface area contributed by atoms with Gasteiger partial charge in [-0.05, 0) is 43.8 Å². The summed E-state index contributed by atoms with van der Waals surface area (Å²) in [6.45, 7) is 5.20. The van der Waals surface area contributed by atoms with Gasteiger partial charge in [-0.2, -0.15) is 0 Å². The second-order valence-electron chi connectivity index (χ2n) is 6.71.